The summed E-state index contributed by atoms with van der Waals surface area (Å²) < 4.78 is 0. The second kappa shape index (κ2) is 12.1. The van der Waals surface area contributed by atoms with E-state index in [0.717, 1.165) is 0 Å². The van der Waals surface area contributed by atoms with Crippen molar-refractivity contribution in [3.63, 3.8) is 0 Å². The molecule has 0 aromatic rings. The number of aliphatic hydroxyl groups excluding tert-OH is 2. The molecule has 17 nitrogen and oxygen atoms in total. The van der Waals surface area contributed by atoms with Crippen LogP contribution in [-0.4, -0.2) is 111 Å². The Morgan fingerprint density at radius 3 is 1.03 bits per heavy atom. The van der Waals surface area contributed by atoms with Crippen molar-refractivity contribution < 1.29 is 84.6 Å². The van der Waals surface area contributed by atoms with Crippen LogP contribution in [0.15, 0.2) is 0 Å². The average Bonchev–Trinajstić information content (AvgIpc) is 3.42. The zero-order chi connectivity index (χ0) is 26.0. The fourth-order valence-electron chi connectivity index (χ4n) is 1.63. The van der Waals surface area contributed by atoms with Gasteiger partial charge in [-0.25, -0.2) is 14.4 Å². The first-order valence-electron chi connectivity index (χ1n) is 8.02. The Labute approximate surface area is 176 Å². The summed E-state index contributed by atoms with van der Waals surface area (Å²) in [6, 6.07) is 0. The largest absolute Gasteiger partial charge is 0.481 e. The molecular weight excluding hydrogens is 452 g/mol. The molecule has 1 fully saturated rings. The van der Waals surface area contributed by atoms with Crippen molar-refractivity contribution in [2.75, 3.05) is 0 Å². The van der Waals surface area contributed by atoms with Crippen molar-refractivity contribution in [3.05, 3.63) is 0 Å². The smallest absolute Gasteiger partial charge is 0.336 e. The quantitative estimate of drug-likeness (QED) is 0.138. The molecular formula is C15H20O17. The molecule has 0 bridgehead atoms. The Morgan fingerprint density at radius 1 is 0.656 bits per heavy atom. The Balaban J connectivity index is 0. The molecule has 182 valence electrons. The maximum absolute atomic E-state index is 10.3. The molecule has 0 aliphatic heterocycles. The Morgan fingerprint density at radius 2 is 0.938 bits per heavy atom. The predicted octanol–water partition coefficient (Wildman–Crippen LogP) is -3.44. The first-order valence-corrected chi connectivity index (χ1v) is 8.02. The topological polar surface area (TPSA) is 322 Å². The average molecular weight is 472 g/mol. The van der Waals surface area contributed by atoms with Crippen LogP contribution in [0.3, 0.4) is 0 Å². The molecule has 0 spiro atoms. The van der Waals surface area contributed by atoms with Crippen LogP contribution < -0.4 is 0 Å². The monoisotopic (exact) mass is 472 g/mol. The highest BCUT2D eigenvalue weighted by atomic mass is 16.4. The Hall–Kier alpha value is -3.83. The van der Waals surface area contributed by atoms with Gasteiger partial charge in [-0.2, -0.15) is 0 Å². The second-order valence-corrected chi connectivity index (χ2v) is 6.24. The summed E-state index contributed by atoms with van der Waals surface area (Å²) in [5.74, 6) is -11.0. The Kier molecular flexibility index (Phi) is 11.5. The lowest BCUT2D eigenvalue weighted by molar-refractivity contribution is -0.170. The highest BCUT2D eigenvalue weighted by Gasteiger charge is 2.57. The summed E-state index contributed by atoms with van der Waals surface area (Å²) in [6.45, 7) is 0. The Bertz CT molecular complexity index is 714. The fourth-order valence-corrected chi connectivity index (χ4v) is 1.63. The van der Waals surface area contributed by atoms with Gasteiger partial charge in [0.2, 0.25) is 0 Å². The summed E-state index contributed by atoms with van der Waals surface area (Å²) in [5.41, 5.74) is -4.16. The van der Waals surface area contributed by atoms with Gasteiger partial charge < -0.3 is 51.1 Å². The fraction of sp³-hybridized carbons (Fsp3) is 0.533. The van der Waals surface area contributed by atoms with Gasteiger partial charge in [-0.3, -0.25) is 19.2 Å². The van der Waals surface area contributed by atoms with E-state index >= 15 is 0 Å². The van der Waals surface area contributed by atoms with Crippen LogP contribution in [-0.2, 0) is 33.6 Å². The van der Waals surface area contributed by atoms with Gasteiger partial charge in [0.05, 0.1) is 12.8 Å². The summed E-state index contributed by atoms with van der Waals surface area (Å²) in [5, 5.41) is 82.9. The van der Waals surface area contributed by atoms with Gasteiger partial charge in [0.15, 0.2) is 23.2 Å². The van der Waals surface area contributed by atoms with Gasteiger partial charge in [-0.05, 0) is 12.8 Å². The van der Waals surface area contributed by atoms with Crippen molar-refractivity contribution in [1.82, 2.24) is 0 Å². The molecule has 10 N–H and O–H groups in total. The molecule has 0 amide bonds. The molecule has 0 aromatic carbocycles. The summed E-state index contributed by atoms with van der Waals surface area (Å²) in [7, 11) is 0. The molecule has 2 atom stereocenters. The summed E-state index contributed by atoms with van der Waals surface area (Å²) in [6.07, 6.45) is -6.27. The van der Waals surface area contributed by atoms with Crippen molar-refractivity contribution in [2.45, 2.75) is 43.5 Å². The van der Waals surface area contributed by atoms with E-state index in [1.807, 2.05) is 0 Å². The molecule has 2 unspecified atom stereocenters. The minimum atomic E-state index is -2.74. The SMILES string of the molecule is O=C(O)C(O)C(O)C(=O)O.O=C(O)C1(C(=O)O)CC1.O=C(O)CC(O)(CC(=O)O)C(=O)O. The van der Waals surface area contributed by atoms with E-state index in [4.69, 9.17) is 51.1 Å². The number of hydrogen-bond acceptors (Lipinski definition) is 10. The summed E-state index contributed by atoms with van der Waals surface area (Å²) >= 11 is 0. The molecule has 1 saturated carbocycles. The third-order valence-electron chi connectivity index (χ3n) is 3.66. The maximum Gasteiger partial charge on any atom is 0.336 e. The number of hydrogen-bond donors (Lipinski definition) is 10. The number of carboxylic acid groups (broad SMARTS) is 7. The normalized spacial score (nSPS) is 15.2. The molecule has 32 heavy (non-hydrogen) atoms. The third kappa shape index (κ3) is 9.78. The third-order valence-corrected chi connectivity index (χ3v) is 3.66. The van der Waals surface area contributed by atoms with Crippen LogP contribution in [0.5, 0.6) is 0 Å². The number of aliphatic hydroxyl groups is 3. The molecule has 1 aliphatic rings. The number of aliphatic carboxylic acids is 7. The lowest BCUT2D eigenvalue weighted by Gasteiger charge is -2.18. The van der Waals surface area contributed by atoms with Crippen LogP contribution in [0.1, 0.15) is 25.7 Å². The number of carboxylic acids is 7. The molecule has 0 aromatic heterocycles. The zero-order valence-electron chi connectivity index (χ0n) is 15.8. The van der Waals surface area contributed by atoms with Crippen LogP contribution in [0.2, 0.25) is 0 Å². The van der Waals surface area contributed by atoms with Crippen molar-refractivity contribution in [3.8, 4) is 0 Å². The van der Waals surface area contributed by atoms with Gasteiger partial charge in [0, 0.05) is 0 Å². The zero-order valence-corrected chi connectivity index (χ0v) is 15.8. The molecule has 1 rings (SSSR count). The van der Waals surface area contributed by atoms with E-state index in [1.54, 1.807) is 0 Å². The standard InChI is InChI=1S/C6H8O7.C5H6O4.C4H6O6/c7-3(8)1-6(13,5(11)12)2-4(9)10;6-3(7)5(1-2-5)4(8)9;5-1(3(7)8)2(6)4(9)10/h13H,1-2H2,(H,7,8)(H,9,10)(H,11,12);1-2H2,(H,6,7)(H,8,9);1-2,5-6H,(H,7,8)(H,9,10). The van der Waals surface area contributed by atoms with E-state index in [9.17, 15) is 33.6 Å². The predicted molar refractivity (Wildman–Crippen MR) is 91.3 cm³/mol. The lowest BCUT2D eigenvalue weighted by Crippen LogP contribution is -2.42. The molecule has 17 heteroatoms. The highest BCUT2D eigenvalue weighted by molar-refractivity contribution is 6.01. The van der Waals surface area contributed by atoms with Crippen molar-refractivity contribution in [2.24, 2.45) is 5.41 Å². The van der Waals surface area contributed by atoms with E-state index < -0.39 is 77.9 Å². The van der Waals surface area contributed by atoms with Crippen molar-refractivity contribution in [1.29, 1.82) is 0 Å². The first kappa shape index (κ1) is 30.4. The van der Waals surface area contributed by atoms with Crippen LogP contribution in [0, 0.1) is 5.41 Å². The van der Waals surface area contributed by atoms with Crippen LogP contribution in [0.4, 0.5) is 0 Å². The highest BCUT2D eigenvalue weighted by Crippen LogP contribution is 2.45. The van der Waals surface area contributed by atoms with Crippen LogP contribution in [0.25, 0.3) is 0 Å². The van der Waals surface area contributed by atoms with Crippen LogP contribution >= 0.6 is 0 Å². The molecule has 0 saturated heterocycles. The minimum Gasteiger partial charge on any atom is -0.481 e. The van der Waals surface area contributed by atoms with Crippen molar-refractivity contribution >= 4 is 41.8 Å². The van der Waals surface area contributed by atoms with Gasteiger partial charge in [0.1, 0.15) is 0 Å². The van der Waals surface area contributed by atoms with E-state index in [0.29, 0.717) is 0 Å². The second-order valence-electron chi connectivity index (χ2n) is 6.24. The molecule has 0 radical (unpaired) electrons. The van der Waals surface area contributed by atoms with E-state index in [2.05, 4.69) is 0 Å². The maximum atomic E-state index is 10.3. The number of rotatable bonds is 10. The van der Waals surface area contributed by atoms with E-state index in [-0.39, 0.29) is 12.8 Å². The lowest BCUT2D eigenvalue weighted by atomic mass is 9.96. The molecule has 0 heterocycles. The molecule has 1 aliphatic carbocycles. The van der Waals surface area contributed by atoms with Gasteiger partial charge >= 0.3 is 41.8 Å². The van der Waals surface area contributed by atoms with E-state index in [1.165, 1.54) is 0 Å². The van der Waals surface area contributed by atoms with Gasteiger partial charge in [-0.1, -0.05) is 0 Å². The van der Waals surface area contributed by atoms with Gasteiger partial charge in [0.25, 0.3) is 0 Å². The van der Waals surface area contributed by atoms with Gasteiger partial charge in [-0.15, -0.1) is 0 Å². The summed E-state index contributed by atoms with van der Waals surface area (Å²) in [4.78, 5) is 70.3. The number of carbonyl (C=O) groups is 7. The first-order chi connectivity index (χ1) is 14.3. The minimum absolute atomic E-state index is 0.275.